The van der Waals surface area contributed by atoms with E-state index in [1.165, 1.54) is 38.9 Å². The summed E-state index contributed by atoms with van der Waals surface area (Å²) in [6.07, 6.45) is 5.76. The second kappa shape index (κ2) is 7.46. The number of rotatable bonds is 8. The van der Waals surface area contributed by atoms with E-state index in [1.807, 2.05) is 12.3 Å². The van der Waals surface area contributed by atoms with Crippen molar-refractivity contribution in [3.05, 3.63) is 29.6 Å². The Kier molecular flexibility index (Phi) is 5.58. The van der Waals surface area contributed by atoms with E-state index in [4.69, 9.17) is 5.73 Å². The highest BCUT2D eigenvalue weighted by Crippen LogP contribution is 2.06. The molecule has 0 radical (unpaired) electrons. The van der Waals surface area contributed by atoms with Gasteiger partial charge in [-0.25, -0.2) is 0 Å². The number of likely N-dealkylation sites (tertiary alicyclic amines) is 1. The lowest BCUT2D eigenvalue weighted by Gasteiger charge is -2.30. The Hall–Kier alpha value is -0.970. The number of hydrogen-bond acceptors (Lipinski definition) is 4. The molecule has 1 fully saturated rings. The van der Waals surface area contributed by atoms with E-state index < -0.39 is 0 Å². The van der Waals surface area contributed by atoms with Crippen molar-refractivity contribution in [1.29, 1.82) is 0 Å². The van der Waals surface area contributed by atoms with Crippen LogP contribution in [-0.2, 0) is 13.1 Å². The molecule has 0 unspecified atom stereocenters. The topological polar surface area (TPSA) is 54.2 Å². The SMILES string of the molecule is NCc1ccnc(CNCCCCN2CCC2)c1. The number of nitrogens with two attached hydrogens (primary N) is 1. The number of nitrogens with one attached hydrogen (secondary N) is 1. The molecule has 2 heterocycles. The molecular formula is C14H24N4. The minimum absolute atomic E-state index is 0.589. The molecule has 18 heavy (non-hydrogen) atoms. The van der Waals surface area contributed by atoms with Crippen molar-refractivity contribution in [3.8, 4) is 0 Å². The molecule has 100 valence electrons. The van der Waals surface area contributed by atoms with Crippen LogP contribution in [0.25, 0.3) is 0 Å². The molecule has 4 heteroatoms. The van der Waals surface area contributed by atoms with E-state index in [9.17, 15) is 0 Å². The van der Waals surface area contributed by atoms with Crippen LogP contribution in [0, 0.1) is 0 Å². The van der Waals surface area contributed by atoms with Crippen molar-refractivity contribution in [2.75, 3.05) is 26.2 Å². The third kappa shape index (κ3) is 4.37. The minimum Gasteiger partial charge on any atom is -0.326 e. The molecule has 0 saturated carbocycles. The monoisotopic (exact) mass is 248 g/mol. The Labute approximate surface area is 110 Å². The Morgan fingerprint density at radius 2 is 2.22 bits per heavy atom. The Balaban J connectivity index is 1.53. The number of pyridine rings is 1. The normalized spacial score (nSPS) is 15.6. The average molecular weight is 248 g/mol. The highest BCUT2D eigenvalue weighted by Gasteiger charge is 2.11. The fourth-order valence-corrected chi connectivity index (χ4v) is 2.16. The van der Waals surface area contributed by atoms with Crippen LogP contribution in [0.2, 0.25) is 0 Å². The third-order valence-electron chi connectivity index (χ3n) is 3.45. The first-order chi connectivity index (χ1) is 8.88. The number of unbranched alkanes of at least 4 members (excludes halogenated alkanes) is 1. The van der Waals surface area contributed by atoms with Gasteiger partial charge < -0.3 is 16.0 Å². The van der Waals surface area contributed by atoms with Crippen LogP contribution in [0.4, 0.5) is 0 Å². The van der Waals surface area contributed by atoms with Crippen LogP contribution < -0.4 is 11.1 Å². The van der Waals surface area contributed by atoms with Gasteiger partial charge in [-0.2, -0.15) is 0 Å². The summed E-state index contributed by atoms with van der Waals surface area (Å²) in [5.41, 5.74) is 7.84. The highest BCUT2D eigenvalue weighted by atomic mass is 15.2. The summed E-state index contributed by atoms with van der Waals surface area (Å²) in [6.45, 7) is 6.39. The summed E-state index contributed by atoms with van der Waals surface area (Å²) in [7, 11) is 0. The van der Waals surface area contributed by atoms with Gasteiger partial charge >= 0.3 is 0 Å². The lowest BCUT2D eigenvalue weighted by molar-refractivity contribution is 0.178. The van der Waals surface area contributed by atoms with Crippen LogP contribution in [0.15, 0.2) is 18.3 Å². The van der Waals surface area contributed by atoms with E-state index in [0.717, 1.165) is 24.3 Å². The van der Waals surface area contributed by atoms with Gasteiger partial charge in [0.1, 0.15) is 0 Å². The molecule has 0 atom stereocenters. The minimum atomic E-state index is 0.589. The maximum atomic E-state index is 5.61. The van der Waals surface area contributed by atoms with Gasteiger partial charge in [-0.05, 0) is 63.1 Å². The molecule has 1 aromatic rings. The smallest absolute Gasteiger partial charge is 0.0544 e. The molecular weight excluding hydrogens is 224 g/mol. The summed E-state index contributed by atoms with van der Waals surface area (Å²) in [5, 5.41) is 3.44. The molecule has 0 aromatic carbocycles. The zero-order chi connectivity index (χ0) is 12.6. The van der Waals surface area contributed by atoms with Crippen molar-refractivity contribution < 1.29 is 0 Å². The van der Waals surface area contributed by atoms with Gasteiger partial charge in [-0.3, -0.25) is 4.98 Å². The van der Waals surface area contributed by atoms with Crippen LogP contribution >= 0.6 is 0 Å². The maximum absolute atomic E-state index is 5.61. The Morgan fingerprint density at radius 1 is 1.33 bits per heavy atom. The van der Waals surface area contributed by atoms with Crippen molar-refractivity contribution in [1.82, 2.24) is 15.2 Å². The molecule has 0 bridgehead atoms. The fourth-order valence-electron chi connectivity index (χ4n) is 2.16. The molecule has 0 aliphatic carbocycles. The third-order valence-corrected chi connectivity index (χ3v) is 3.45. The number of nitrogens with zero attached hydrogens (tertiary/aromatic N) is 2. The van der Waals surface area contributed by atoms with Crippen molar-refractivity contribution in [2.45, 2.75) is 32.4 Å². The lowest BCUT2D eigenvalue weighted by atomic mass is 10.2. The first-order valence-corrected chi connectivity index (χ1v) is 6.95. The summed E-state index contributed by atoms with van der Waals surface area (Å²) in [6, 6.07) is 4.05. The van der Waals surface area contributed by atoms with Gasteiger partial charge in [0.15, 0.2) is 0 Å². The zero-order valence-corrected chi connectivity index (χ0v) is 11.1. The van der Waals surface area contributed by atoms with Crippen LogP contribution in [0.3, 0.4) is 0 Å². The first kappa shape index (κ1) is 13.5. The molecule has 1 aromatic heterocycles. The predicted molar refractivity (Wildman–Crippen MR) is 74.1 cm³/mol. The van der Waals surface area contributed by atoms with Gasteiger partial charge in [0, 0.05) is 19.3 Å². The van der Waals surface area contributed by atoms with E-state index in [0.29, 0.717) is 6.54 Å². The maximum Gasteiger partial charge on any atom is 0.0544 e. The van der Waals surface area contributed by atoms with Gasteiger partial charge in [-0.15, -0.1) is 0 Å². The molecule has 3 N–H and O–H groups in total. The van der Waals surface area contributed by atoms with Crippen LogP contribution in [0.1, 0.15) is 30.5 Å². The lowest BCUT2D eigenvalue weighted by Crippen LogP contribution is -2.37. The quantitative estimate of drug-likeness (QED) is 0.677. The van der Waals surface area contributed by atoms with Gasteiger partial charge in [0.2, 0.25) is 0 Å². The number of aromatic nitrogens is 1. The van der Waals surface area contributed by atoms with Crippen LogP contribution in [0.5, 0.6) is 0 Å². The first-order valence-electron chi connectivity index (χ1n) is 6.95. The van der Waals surface area contributed by atoms with Gasteiger partial charge in [0.25, 0.3) is 0 Å². The summed E-state index contributed by atoms with van der Waals surface area (Å²) in [5.74, 6) is 0. The van der Waals surface area contributed by atoms with E-state index in [1.54, 1.807) is 0 Å². The predicted octanol–water partition coefficient (Wildman–Crippen LogP) is 1.12. The molecule has 0 spiro atoms. The van der Waals surface area contributed by atoms with Gasteiger partial charge in [0.05, 0.1) is 5.69 Å². The standard InChI is InChI=1S/C14H24N4/c15-11-13-4-6-17-14(10-13)12-16-5-1-2-7-18-8-3-9-18/h4,6,10,16H,1-3,5,7-9,11-12,15H2. The molecule has 1 aliphatic rings. The highest BCUT2D eigenvalue weighted by molar-refractivity contribution is 5.15. The number of hydrogen-bond donors (Lipinski definition) is 2. The molecule has 1 saturated heterocycles. The van der Waals surface area contributed by atoms with E-state index >= 15 is 0 Å². The molecule has 2 rings (SSSR count). The molecule has 0 amide bonds. The molecule has 1 aliphatic heterocycles. The Bertz CT molecular complexity index is 349. The van der Waals surface area contributed by atoms with Crippen LogP contribution in [-0.4, -0.2) is 36.1 Å². The fraction of sp³-hybridized carbons (Fsp3) is 0.643. The largest absolute Gasteiger partial charge is 0.326 e. The van der Waals surface area contributed by atoms with Gasteiger partial charge in [-0.1, -0.05) is 0 Å². The summed E-state index contributed by atoms with van der Waals surface area (Å²) >= 11 is 0. The van der Waals surface area contributed by atoms with Crippen molar-refractivity contribution in [2.24, 2.45) is 5.73 Å². The van der Waals surface area contributed by atoms with E-state index in [2.05, 4.69) is 21.3 Å². The van der Waals surface area contributed by atoms with Crippen molar-refractivity contribution in [3.63, 3.8) is 0 Å². The Morgan fingerprint density at radius 3 is 2.94 bits per heavy atom. The second-order valence-electron chi connectivity index (χ2n) is 4.94. The summed E-state index contributed by atoms with van der Waals surface area (Å²) < 4.78 is 0. The summed E-state index contributed by atoms with van der Waals surface area (Å²) in [4.78, 5) is 6.85. The second-order valence-corrected chi connectivity index (χ2v) is 4.94. The van der Waals surface area contributed by atoms with E-state index in [-0.39, 0.29) is 0 Å². The molecule has 4 nitrogen and oxygen atoms in total. The average Bonchev–Trinajstić information content (AvgIpc) is 2.36. The van der Waals surface area contributed by atoms with Crippen molar-refractivity contribution >= 4 is 0 Å². The zero-order valence-electron chi connectivity index (χ0n) is 11.1.